The first-order valence-corrected chi connectivity index (χ1v) is 10.2. The predicted octanol–water partition coefficient (Wildman–Crippen LogP) is 3.19. The third-order valence-corrected chi connectivity index (χ3v) is 6.78. The quantitative estimate of drug-likeness (QED) is 0.673. The van der Waals surface area contributed by atoms with Crippen molar-refractivity contribution < 1.29 is 13.2 Å². The molecule has 0 aliphatic heterocycles. The van der Waals surface area contributed by atoms with Crippen LogP contribution in [0.15, 0.2) is 41.6 Å². The maximum absolute atomic E-state index is 12.4. The highest BCUT2D eigenvalue weighted by molar-refractivity contribution is 7.92. The summed E-state index contributed by atoms with van der Waals surface area (Å²) in [6.07, 6.45) is 2.76. The lowest BCUT2D eigenvalue weighted by Gasteiger charge is -2.17. The molecule has 2 heterocycles. The van der Waals surface area contributed by atoms with Crippen molar-refractivity contribution in [3.8, 4) is 5.75 Å². The molecule has 0 saturated heterocycles. The number of rotatable bonds is 6. The summed E-state index contributed by atoms with van der Waals surface area (Å²) in [6.45, 7) is 5.58. The van der Waals surface area contributed by atoms with Crippen molar-refractivity contribution in [2.45, 2.75) is 37.0 Å². The zero-order valence-corrected chi connectivity index (χ0v) is 16.7. The molecule has 0 spiro atoms. The maximum atomic E-state index is 12.4. The largest absolute Gasteiger partial charge is 0.497 e. The lowest BCUT2D eigenvalue weighted by atomic mass is 10.1. The Morgan fingerprint density at radius 3 is 2.56 bits per heavy atom. The van der Waals surface area contributed by atoms with Crippen LogP contribution < -0.4 is 10.1 Å². The number of nitrogens with zero attached hydrogens (tertiary/aromatic N) is 2. The Kier molecular flexibility index (Phi) is 5.10. The Morgan fingerprint density at radius 2 is 1.93 bits per heavy atom. The molecule has 0 saturated carbocycles. The topological polar surface area (TPSA) is 97.0 Å². The van der Waals surface area contributed by atoms with Crippen molar-refractivity contribution in [2.75, 3.05) is 19.0 Å². The molecule has 144 valence electrons. The van der Waals surface area contributed by atoms with Crippen molar-refractivity contribution in [2.24, 2.45) is 0 Å². The molecular weight excluding hydrogens is 364 g/mol. The number of hydrogen-bond acceptors (Lipinski definition) is 6. The van der Waals surface area contributed by atoms with Gasteiger partial charge in [0.1, 0.15) is 11.6 Å². The van der Waals surface area contributed by atoms with E-state index in [-0.39, 0.29) is 5.03 Å². The van der Waals surface area contributed by atoms with E-state index in [9.17, 15) is 8.42 Å². The molecule has 0 unspecified atom stereocenters. The van der Waals surface area contributed by atoms with E-state index in [0.717, 1.165) is 28.6 Å². The van der Waals surface area contributed by atoms with Crippen molar-refractivity contribution in [1.82, 2.24) is 15.2 Å². The number of aromatic nitrogens is 3. The number of anilines is 1. The minimum absolute atomic E-state index is 0.00993. The Hall–Kier alpha value is -2.61. The minimum Gasteiger partial charge on any atom is -0.497 e. The smallest absolute Gasteiger partial charge is 0.202 e. The molecule has 0 fully saturated rings. The average Bonchev–Trinajstić information content (AvgIpc) is 3.03. The third-order valence-electron chi connectivity index (χ3n) is 4.40. The van der Waals surface area contributed by atoms with Crippen molar-refractivity contribution in [3.63, 3.8) is 0 Å². The standard InChI is InChI=1S/C19H24N4O3S/c1-19(2,3)27(24,25)18-8-7-17(22-23-18)20-10-9-13-12-21-16-6-5-14(26-4)11-15(13)16/h5-8,11-12,21H,9-10H2,1-4H3,(H,20,22). The first-order valence-electron chi connectivity index (χ1n) is 8.68. The summed E-state index contributed by atoms with van der Waals surface area (Å²) in [5.41, 5.74) is 2.22. The van der Waals surface area contributed by atoms with Gasteiger partial charge in [-0.1, -0.05) is 0 Å². The predicted molar refractivity (Wildman–Crippen MR) is 106 cm³/mol. The monoisotopic (exact) mass is 388 g/mol. The van der Waals surface area contributed by atoms with Gasteiger partial charge in [0.2, 0.25) is 9.84 Å². The van der Waals surface area contributed by atoms with E-state index in [2.05, 4.69) is 20.5 Å². The molecule has 0 amide bonds. The highest BCUT2D eigenvalue weighted by atomic mass is 32.2. The lowest BCUT2D eigenvalue weighted by Crippen LogP contribution is -2.29. The van der Waals surface area contributed by atoms with Crippen LogP contribution in [0.3, 0.4) is 0 Å². The van der Waals surface area contributed by atoms with Gasteiger partial charge in [0.05, 0.1) is 11.9 Å². The Morgan fingerprint density at radius 1 is 1.15 bits per heavy atom. The molecule has 2 aromatic heterocycles. The SMILES string of the molecule is COc1ccc2[nH]cc(CCNc3ccc(S(=O)(=O)C(C)(C)C)nn3)c2c1. The van der Waals surface area contributed by atoms with Crippen LogP contribution in [0.25, 0.3) is 10.9 Å². The van der Waals surface area contributed by atoms with Crippen LogP contribution >= 0.6 is 0 Å². The molecule has 7 nitrogen and oxygen atoms in total. The van der Waals surface area contributed by atoms with E-state index >= 15 is 0 Å². The summed E-state index contributed by atoms with van der Waals surface area (Å²) in [5.74, 6) is 1.36. The zero-order valence-electron chi connectivity index (χ0n) is 15.9. The molecule has 0 radical (unpaired) electrons. The number of methoxy groups -OCH3 is 1. The molecule has 2 N–H and O–H groups in total. The molecule has 3 aromatic rings. The van der Waals surface area contributed by atoms with E-state index in [0.29, 0.717) is 12.4 Å². The Labute approximate surface area is 159 Å². The van der Waals surface area contributed by atoms with E-state index in [1.807, 2.05) is 24.4 Å². The van der Waals surface area contributed by atoms with Crippen LogP contribution in [0.5, 0.6) is 5.75 Å². The molecule has 3 rings (SSSR count). The third kappa shape index (κ3) is 3.90. The minimum atomic E-state index is -3.50. The first kappa shape index (κ1) is 19.2. The number of H-pyrrole nitrogens is 1. The van der Waals surface area contributed by atoms with E-state index in [1.165, 1.54) is 6.07 Å². The maximum Gasteiger partial charge on any atom is 0.202 e. The van der Waals surface area contributed by atoms with Gasteiger partial charge in [-0.05, 0) is 63.1 Å². The second-order valence-electron chi connectivity index (χ2n) is 7.27. The summed E-state index contributed by atoms with van der Waals surface area (Å²) in [6, 6.07) is 9.05. The second kappa shape index (κ2) is 7.19. The van der Waals surface area contributed by atoms with Gasteiger partial charge in [0.25, 0.3) is 0 Å². The van der Waals surface area contributed by atoms with Crippen LogP contribution in [0.4, 0.5) is 5.82 Å². The van der Waals surface area contributed by atoms with Gasteiger partial charge < -0.3 is 15.0 Å². The summed E-state index contributed by atoms with van der Waals surface area (Å²) < 4.78 is 29.1. The van der Waals surface area contributed by atoms with E-state index < -0.39 is 14.6 Å². The summed E-state index contributed by atoms with van der Waals surface area (Å²) in [4.78, 5) is 3.25. The van der Waals surface area contributed by atoms with Gasteiger partial charge in [-0.2, -0.15) is 0 Å². The fourth-order valence-corrected chi connectivity index (χ4v) is 3.71. The van der Waals surface area contributed by atoms with E-state index in [4.69, 9.17) is 4.74 Å². The van der Waals surface area contributed by atoms with Crippen LogP contribution in [0.2, 0.25) is 0 Å². The molecule has 1 aromatic carbocycles. The lowest BCUT2D eigenvalue weighted by molar-refractivity contribution is 0.415. The first-order chi connectivity index (χ1) is 12.7. The summed E-state index contributed by atoms with van der Waals surface area (Å²) in [7, 11) is -1.85. The second-order valence-corrected chi connectivity index (χ2v) is 9.92. The van der Waals surface area contributed by atoms with Crippen LogP contribution in [-0.2, 0) is 16.3 Å². The molecular formula is C19H24N4O3S. The van der Waals surface area contributed by atoms with Crippen molar-refractivity contribution in [3.05, 3.63) is 42.1 Å². The fourth-order valence-electron chi connectivity index (χ4n) is 2.69. The van der Waals surface area contributed by atoms with Gasteiger partial charge in [-0.15, -0.1) is 10.2 Å². The number of benzene rings is 1. The van der Waals surface area contributed by atoms with Crippen LogP contribution in [0, 0.1) is 0 Å². The Balaban J connectivity index is 1.66. The highest BCUT2D eigenvalue weighted by Gasteiger charge is 2.32. The van der Waals surface area contributed by atoms with Gasteiger partial charge in [-0.25, -0.2) is 8.42 Å². The number of sulfone groups is 1. The van der Waals surface area contributed by atoms with Gasteiger partial charge >= 0.3 is 0 Å². The van der Waals surface area contributed by atoms with Crippen molar-refractivity contribution >= 4 is 26.6 Å². The number of hydrogen-bond donors (Lipinski definition) is 2. The summed E-state index contributed by atoms with van der Waals surface area (Å²) in [5, 5.41) is 12.2. The molecule has 0 aliphatic rings. The fraction of sp³-hybridized carbons (Fsp3) is 0.368. The Bertz CT molecular complexity index is 1030. The number of ether oxygens (including phenoxy) is 1. The number of fused-ring (bicyclic) bond motifs is 1. The van der Waals surface area contributed by atoms with Crippen LogP contribution in [0.1, 0.15) is 26.3 Å². The highest BCUT2D eigenvalue weighted by Crippen LogP contribution is 2.25. The molecule has 27 heavy (non-hydrogen) atoms. The normalized spacial score (nSPS) is 12.3. The molecule has 0 atom stereocenters. The van der Waals surface area contributed by atoms with Gasteiger partial charge in [-0.3, -0.25) is 0 Å². The van der Waals surface area contributed by atoms with Crippen LogP contribution in [-0.4, -0.2) is 42.0 Å². The summed E-state index contributed by atoms with van der Waals surface area (Å²) >= 11 is 0. The molecule has 8 heteroatoms. The zero-order chi connectivity index (χ0) is 19.7. The van der Waals surface area contributed by atoms with Gasteiger partial charge in [0, 0.05) is 23.6 Å². The molecule has 0 bridgehead atoms. The van der Waals surface area contributed by atoms with Crippen molar-refractivity contribution in [1.29, 1.82) is 0 Å². The average molecular weight is 388 g/mol. The number of nitrogens with one attached hydrogen (secondary N) is 2. The number of aromatic amines is 1. The molecule has 0 aliphatic carbocycles. The van der Waals surface area contributed by atoms with Gasteiger partial charge in [0.15, 0.2) is 5.03 Å². The van der Waals surface area contributed by atoms with E-state index in [1.54, 1.807) is 33.9 Å².